The van der Waals surface area contributed by atoms with Crippen molar-refractivity contribution in [2.24, 2.45) is 0 Å². The first kappa shape index (κ1) is 16.3. The number of alkyl halides is 3. The molecule has 0 aliphatic heterocycles. The van der Waals surface area contributed by atoms with Crippen LogP contribution in [0.15, 0.2) is 36.4 Å². The molecule has 0 radical (unpaired) electrons. The van der Waals surface area contributed by atoms with Crippen molar-refractivity contribution in [1.82, 2.24) is 4.98 Å². The number of pyridine rings is 1. The summed E-state index contributed by atoms with van der Waals surface area (Å²) < 4.78 is 60.3. The number of hydrogen-bond donors (Lipinski definition) is 0. The molecule has 2 aromatic carbocycles. The highest BCUT2D eigenvalue weighted by molar-refractivity contribution is 6.08. The second kappa shape index (κ2) is 5.81. The average Bonchev–Trinajstić information content (AvgIpc) is 2.45. The highest BCUT2D eigenvalue weighted by Crippen LogP contribution is 2.35. The van der Waals surface area contributed by atoms with Gasteiger partial charge in [-0.1, -0.05) is 0 Å². The Bertz CT molecular complexity index is 906. The Morgan fingerprint density at radius 2 is 1.67 bits per heavy atom. The van der Waals surface area contributed by atoms with E-state index in [0.29, 0.717) is 21.7 Å². The third-order valence-corrected chi connectivity index (χ3v) is 3.27. The van der Waals surface area contributed by atoms with Gasteiger partial charge in [0.05, 0.1) is 11.6 Å². The van der Waals surface area contributed by atoms with E-state index in [2.05, 4.69) is 9.72 Å². The molecular formula is C17H13F4NO2. The lowest BCUT2D eigenvalue weighted by atomic mass is 10.1. The minimum atomic E-state index is -4.79. The molecule has 0 atom stereocenters. The van der Waals surface area contributed by atoms with Crippen LogP contribution in [-0.4, -0.2) is 17.5 Å². The van der Waals surface area contributed by atoms with Crippen LogP contribution < -0.4 is 9.47 Å². The van der Waals surface area contributed by atoms with Crippen molar-refractivity contribution in [3.05, 3.63) is 42.2 Å². The van der Waals surface area contributed by atoms with Gasteiger partial charge in [0, 0.05) is 16.8 Å². The maximum Gasteiger partial charge on any atom is 0.573 e. The van der Waals surface area contributed by atoms with E-state index in [-0.39, 0.29) is 17.7 Å². The molecule has 0 saturated heterocycles. The molecule has 0 unspecified atom stereocenters. The summed E-state index contributed by atoms with van der Waals surface area (Å²) in [5, 5.41) is 1.58. The first-order chi connectivity index (χ1) is 11.2. The van der Waals surface area contributed by atoms with E-state index in [4.69, 9.17) is 4.74 Å². The Labute approximate surface area is 134 Å². The van der Waals surface area contributed by atoms with E-state index >= 15 is 0 Å². The van der Waals surface area contributed by atoms with Crippen LogP contribution in [0.3, 0.4) is 0 Å². The SMILES string of the molecule is CC(C)Oc1nc2cc(F)ccc2c2ccc(OC(F)(F)F)cc12. The van der Waals surface area contributed by atoms with Crippen LogP contribution in [0, 0.1) is 5.82 Å². The Balaban J connectivity index is 2.26. The van der Waals surface area contributed by atoms with E-state index in [1.165, 1.54) is 36.4 Å². The van der Waals surface area contributed by atoms with E-state index in [1.807, 2.05) is 0 Å². The maximum absolute atomic E-state index is 13.5. The van der Waals surface area contributed by atoms with E-state index < -0.39 is 12.2 Å². The summed E-state index contributed by atoms with van der Waals surface area (Å²) in [6.07, 6.45) is -5.04. The van der Waals surface area contributed by atoms with Crippen molar-refractivity contribution in [2.75, 3.05) is 0 Å². The summed E-state index contributed by atoms with van der Waals surface area (Å²) in [5.74, 6) is -0.695. The lowest BCUT2D eigenvalue weighted by molar-refractivity contribution is -0.274. The van der Waals surface area contributed by atoms with Crippen molar-refractivity contribution in [3.63, 3.8) is 0 Å². The molecular weight excluding hydrogens is 326 g/mol. The van der Waals surface area contributed by atoms with Crippen LogP contribution in [0.25, 0.3) is 21.7 Å². The van der Waals surface area contributed by atoms with Gasteiger partial charge in [-0.15, -0.1) is 13.2 Å². The predicted molar refractivity (Wildman–Crippen MR) is 81.7 cm³/mol. The van der Waals surface area contributed by atoms with Gasteiger partial charge < -0.3 is 9.47 Å². The molecule has 0 bridgehead atoms. The monoisotopic (exact) mass is 339 g/mol. The van der Waals surface area contributed by atoms with Crippen LogP contribution in [0.4, 0.5) is 17.6 Å². The number of ether oxygens (including phenoxy) is 2. The molecule has 126 valence electrons. The molecule has 7 heteroatoms. The van der Waals surface area contributed by atoms with Gasteiger partial charge in [0.25, 0.3) is 0 Å². The van der Waals surface area contributed by atoms with Gasteiger partial charge in [0.1, 0.15) is 11.6 Å². The van der Waals surface area contributed by atoms with Crippen molar-refractivity contribution in [2.45, 2.75) is 26.3 Å². The molecule has 0 spiro atoms. The lowest BCUT2D eigenvalue weighted by Gasteiger charge is -2.15. The fourth-order valence-electron chi connectivity index (χ4n) is 2.44. The average molecular weight is 339 g/mol. The molecule has 0 N–H and O–H groups in total. The summed E-state index contributed by atoms with van der Waals surface area (Å²) in [4.78, 5) is 4.24. The number of aromatic nitrogens is 1. The lowest BCUT2D eigenvalue weighted by Crippen LogP contribution is -2.17. The van der Waals surface area contributed by atoms with Crippen LogP contribution in [0.2, 0.25) is 0 Å². The Hall–Kier alpha value is -2.57. The second-order valence-electron chi connectivity index (χ2n) is 5.50. The third-order valence-electron chi connectivity index (χ3n) is 3.27. The molecule has 3 nitrogen and oxygen atoms in total. The molecule has 1 aromatic heterocycles. The van der Waals surface area contributed by atoms with Crippen molar-refractivity contribution >= 4 is 21.7 Å². The predicted octanol–water partition coefficient (Wildman–Crippen LogP) is 5.21. The topological polar surface area (TPSA) is 31.4 Å². The summed E-state index contributed by atoms with van der Waals surface area (Å²) >= 11 is 0. The van der Waals surface area contributed by atoms with E-state index in [9.17, 15) is 17.6 Å². The molecule has 0 saturated carbocycles. The summed E-state index contributed by atoms with van der Waals surface area (Å²) in [5.41, 5.74) is 0.364. The maximum atomic E-state index is 13.5. The standard InChI is InChI=1S/C17H13F4NO2/c1-9(2)23-16-14-8-11(24-17(19,20)21)4-6-12(14)13-5-3-10(18)7-15(13)22-16/h3-9H,1-2H3. The zero-order chi connectivity index (χ0) is 17.5. The minimum absolute atomic E-state index is 0.130. The van der Waals surface area contributed by atoms with Crippen LogP contribution in [0.5, 0.6) is 11.6 Å². The third kappa shape index (κ3) is 3.34. The second-order valence-corrected chi connectivity index (χ2v) is 5.50. The molecule has 0 aliphatic carbocycles. The zero-order valence-corrected chi connectivity index (χ0v) is 12.8. The number of rotatable bonds is 3. The largest absolute Gasteiger partial charge is 0.573 e. The first-order valence-electron chi connectivity index (χ1n) is 7.18. The van der Waals surface area contributed by atoms with Crippen LogP contribution >= 0.6 is 0 Å². The number of fused-ring (bicyclic) bond motifs is 3. The number of halogens is 4. The van der Waals surface area contributed by atoms with Crippen LogP contribution in [0.1, 0.15) is 13.8 Å². The summed E-state index contributed by atoms with van der Waals surface area (Å²) in [6.45, 7) is 3.53. The summed E-state index contributed by atoms with van der Waals surface area (Å²) in [6, 6.07) is 7.96. The van der Waals surface area contributed by atoms with Gasteiger partial charge in [-0.05, 0) is 49.6 Å². The number of nitrogens with zero attached hydrogens (tertiary/aromatic N) is 1. The zero-order valence-electron chi connectivity index (χ0n) is 12.8. The molecule has 0 aliphatic rings. The fourth-order valence-corrected chi connectivity index (χ4v) is 2.44. The van der Waals surface area contributed by atoms with E-state index in [1.54, 1.807) is 13.8 Å². The molecule has 1 heterocycles. The van der Waals surface area contributed by atoms with Gasteiger partial charge in [-0.2, -0.15) is 0 Å². The highest BCUT2D eigenvalue weighted by Gasteiger charge is 2.31. The van der Waals surface area contributed by atoms with Gasteiger partial charge in [0.2, 0.25) is 5.88 Å². The molecule has 0 amide bonds. The minimum Gasteiger partial charge on any atom is -0.474 e. The fraction of sp³-hybridized carbons (Fsp3) is 0.235. The van der Waals surface area contributed by atoms with Crippen molar-refractivity contribution in [1.29, 1.82) is 0 Å². The van der Waals surface area contributed by atoms with Crippen LogP contribution in [-0.2, 0) is 0 Å². The normalized spacial score (nSPS) is 12.1. The summed E-state index contributed by atoms with van der Waals surface area (Å²) in [7, 11) is 0. The van der Waals surface area contributed by atoms with Gasteiger partial charge in [-0.25, -0.2) is 9.37 Å². The van der Waals surface area contributed by atoms with E-state index in [0.717, 1.165) is 0 Å². The number of benzene rings is 2. The molecule has 3 aromatic rings. The highest BCUT2D eigenvalue weighted by atomic mass is 19.4. The number of hydrogen-bond acceptors (Lipinski definition) is 3. The Morgan fingerprint density at radius 3 is 2.33 bits per heavy atom. The van der Waals surface area contributed by atoms with Gasteiger partial charge >= 0.3 is 6.36 Å². The van der Waals surface area contributed by atoms with Gasteiger partial charge in [0.15, 0.2) is 0 Å². The smallest absolute Gasteiger partial charge is 0.474 e. The Morgan fingerprint density at radius 1 is 0.958 bits per heavy atom. The molecule has 3 rings (SSSR count). The van der Waals surface area contributed by atoms with Gasteiger partial charge in [-0.3, -0.25) is 0 Å². The van der Waals surface area contributed by atoms with Crippen molar-refractivity contribution in [3.8, 4) is 11.6 Å². The quantitative estimate of drug-likeness (QED) is 0.485. The molecule has 0 fully saturated rings. The first-order valence-corrected chi connectivity index (χ1v) is 7.18. The van der Waals surface area contributed by atoms with Crippen molar-refractivity contribution < 1.29 is 27.0 Å². The molecule has 24 heavy (non-hydrogen) atoms. The Kier molecular flexibility index (Phi) is 3.95.